The number of rotatable bonds is 49. The summed E-state index contributed by atoms with van der Waals surface area (Å²) in [7, 11) is 0. The lowest BCUT2D eigenvalue weighted by atomic mass is 10.1. The number of allylic oxidation sites excluding steroid dienone is 30. The molecule has 0 heterocycles. The van der Waals surface area contributed by atoms with Crippen LogP contribution in [0.3, 0.4) is 0 Å². The van der Waals surface area contributed by atoms with Gasteiger partial charge in [-0.2, -0.15) is 0 Å². The average molecular weight is 988 g/mol. The molecule has 400 valence electrons. The first-order valence-electron chi connectivity index (χ1n) is 28.3. The maximum atomic E-state index is 12.9. The van der Waals surface area contributed by atoms with Crippen molar-refractivity contribution >= 4 is 11.9 Å². The highest BCUT2D eigenvalue weighted by molar-refractivity contribution is 5.70. The molecule has 0 aliphatic heterocycles. The van der Waals surface area contributed by atoms with Crippen molar-refractivity contribution in [3.05, 3.63) is 182 Å². The molecule has 0 aromatic heterocycles. The minimum absolute atomic E-state index is 0.00962. The van der Waals surface area contributed by atoms with Crippen LogP contribution in [0.5, 0.6) is 0 Å². The van der Waals surface area contributed by atoms with Crippen molar-refractivity contribution in [1.82, 2.24) is 0 Å². The van der Waals surface area contributed by atoms with Crippen molar-refractivity contribution in [2.45, 2.75) is 207 Å². The van der Waals surface area contributed by atoms with Gasteiger partial charge in [-0.05, 0) is 141 Å². The van der Waals surface area contributed by atoms with Gasteiger partial charge in [-0.1, -0.05) is 229 Å². The number of hydrogen-bond acceptors (Lipinski definition) is 5. The van der Waals surface area contributed by atoms with Gasteiger partial charge in [0, 0.05) is 19.4 Å². The van der Waals surface area contributed by atoms with E-state index in [1.807, 2.05) is 6.08 Å². The minimum atomic E-state index is -0.611. The second-order valence-corrected chi connectivity index (χ2v) is 17.7. The topological polar surface area (TPSA) is 61.8 Å². The Morgan fingerprint density at radius 3 is 0.986 bits per heavy atom. The van der Waals surface area contributed by atoms with Gasteiger partial charge in [-0.15, -0.1) is 0 Å². The van der Waals surface area contributed by atoms with Crippen LogP contribution < -0.4 is 0 Å². The van der Waals surface area contributed by atoms with Crippen LogP contribution in [0.15, 0.2) is 182 Å². The average Bonchev–Trinajstić information content (AvgIpc) is 3.38. The lowest BCUT2D eigenvalue weighted by Gasteiger charge is -2.18. The largest absolute Gasteiger partial charge is 0.462 e. The first-order valence-corrected chi connectivity index (χ1v) is 28.3. The summed E-state index contributed by atoms with van der Waals surface area (Å²) in [5.41, 5.74) is 0. The third-order valence-electron chi connectivity index (χ3n) is 10.9. The molecule has 0 saturated heterocycles. The summed E-state index contributed by atoms with van der Waals surface area (Å²) >= 11 is 0. The van der Waals surface area contributed by atoms with Gasteiger partial charge < -0.3 is 14.2 Å². The lowest BCUT2D eigenvalue weighted by molar-refractivity contribution is -0.162. The molecule has 0 aromatic rings. The monoisotopic (exact) mass is 987 g/mol. The highest BCUT2D eigenvalue weighted by atomic mass is 16.6. The zero-order valence-corrected chi connectivity index (χ0v) is 45.9. The zero-order chi connectivity index (χ0) is 52.0. The number of ether oxygens (including phenoxy) is 3. The first-order chi connectivity index (χ1) is 35.6. The number of carbonyl (C=O) groups is 2. The summed E-state index contributed by atoms with van der Waals surface area (Å²) in [6.07, 6.45) is 92.1. The first kappa shape index (κ1) is 67.0. The molecule has 0 rings (SSSR count). The van der Waals surface area contributed by atoms with E-state index in [-0.39, 0.29) is 31.6 Å². The van der Waals surface area contributed by atoms with Gasteiger partial charge in [-0.3, -0.25) is 9.59 Å². The Bertz CT molecular complexity index is 1680. The number of carbonyl (C=O) groups excluding carboxylic acids is 2. The molecule has 0 aliphatic carbocycles. The summed E-state index contributed by atoms with van der Waals surface area (Å²) in [6, 6.07) is 0. The van der Waals surface area contributed by atoms with E-state index in [1.54, 1.807) is 0 Å². The molecule has 5 nitrogen and oxygen atoms in total. The van der Waals surface area contributed by atoms with Crippen LogP contribution >= 0.6 is 0 Å². The van der Waals surface area contributed by atoms with Gasteiger partial charge in [0.25, 0.3) is 0 Å². The summed E-state index contributed by atoms with van der Waals surface area (Å²) in [6.45, 7) is 7.30. The maximum Gasteiger partial charge on any atom is 0.306 e. The van der Waals surface area contributed by atoms with Crippen molar-refractivity contribution in [2.24, 2.45) is 0 Å². The van der Waals surface area contributed by atoms with Gasteiger partial charge in [0.2, 0.25) is 0 Å². The molecule has 0 aliphatic rings. The molecular formula is C67H102O5. The van der Waals surface area contributed by atoms with Crippen LogP contribution in [-0.4, -0.2) is 37.9 Å². The summed E-state index contributed by atoms with van der Waals surface area (Å²) in [4.78, 5) is 25.5. The molecule has 1 unspecified atom stereocenters. The third-order valence-corrected chi connectivity index (χ3v) is 10.9. The Balaban J connectivity index is 4.55. The van der Waals surface area contributed by atoms with Crippen LogP contribution in [0.25, 0.3) is 0 Å². The van der Waals surface area contributed by atoms with Crippen molar-refractivity contribution in [3.63, 3.8) is 0 Å². The van der Waals surface area contributed by atoms with Crippen molar-refractivity contribution in [3.8, 4) is 0 Å². The molecule has 0 radical (unpaired) electrons. The van der Waals surface area contributed by atoms with Crippen LogP contribution in [0, 0.1) is 0 Å². The molecular weight excluding hydrogens is 885 g/mol. The number of hydrogen-bond donors (Lipinski definition) is 0. The summed E-state index contributed by atoms with van der Waals surface area (Å²) < 4.78 is 17.4. The van der Waals surface area contributed by atoms with Gasteiger partial charge in [0.15, 0.2) is 6.10 Å². The second kappa shape index (κ2) is 60.3. The van der Waals surface area contributed by atoms with Gasteiger partial charge in [0.1, 0.15) is 6.61 Å². The van der Waals surface area contributed by atoms with E-state index in [1.165, 1.54) is 19.3 Å². The molecule has 0 bridgehead atoms. The molecule has 0 fully saturated rings. The summed E-state index contributed by atoms with van der Waals surface area (Å²) in [5.74, 6) is -0.559. The fraction of sp³-hybridized carbons (Fsp3) is 0.522. The van der Waals surface area contributed by atoms with E-state index >= 15 is 0 Å². The lowest BCUT2D eigenvalue weighted by Crippen LogP contribution is -2.30. The van der Waals surface area contributed by atoms with Crippen molar-refractivity contribution in [2.75, 3.05) is 19.8 Å². The van der Waals surface area contributed by atoms with Gasteiger partial charge in [-0.25, -0.2) is 0 Å². The molecule has 0 N–H and O–H groups in total. The van der Waals surface area contributed by atoms with E-state index in [4.69, 9.17) is 14.2 Å². The fourth-order valence-electron chi connectivity index (χ4n) is 6.85. The maximum absolute atomic E-state index is 12.9. The highest BCUT2D eigenvalue weighted by Crippen LogP contribution is 2.10. The SMILES string of the molecule is CC/C=C\C/C=C\C/C=C\C/C=C\C/C=C\C/C=C\CCC(=O)OCC(COCCCCCCC/C=C\C/C=C\C/C=C\C/C=C\CC)OC(=O)CCCCC/C=C\C/C=C\C/C=C\C/C=C\C/C=C\CC. The quantitative estimate of drug-likeness (QED) is 0.0345. The summed E-state index contributed by atoms with van der Waals surface area (Å²) in [5, 5.41) is 0. The Hall–Kier alpha value is -5.00. The second-order valence-electron chi connectivity index (χ2n) is 17.7. The molecule has 0 amide bonds. The van der Waals surface area contributed by atoms with E-state index < -0.39 is 6.10 Å². The van der Waals surface area contributed by atoms with E-state index in [2.05, 4.69) is 197 Å². The Morgan fingerprint density at radius 1 is 0.306 bits per heavy atom. The molecule has 0 saturated carbocycles. The zero-order valence-electron chi connectivity index (χ0n) is 45.9. The molecule has 0 aromatic carbocycles. The molecule has 72 heavy (non-hydrogen) atoms. The normalized spacial score (nSPS) is 13.7. The van der Waals surface area contributed by atoms with E-state index in [0.717, 1.165) is 141 Å². The number of unbranched alkanes of at least 4 members (excludes halogenated alkanes) is 8. The Kier molecular flexibility index (Phi) is 56.1. The smallest absolute Gasteiger partial charge is 0.306 e. The van der Waals surface area contributed by atoms with Crippen LogP contribution in [0.4, 0.5) is 0 Å². The Labute approximate surface area is 442 Å². The van der Waals surface area contributed by atoms with E-state index in [9.17, 15) is 9.59 Å². The van der Waals surface area contributed by atoms with Crippen LogP contribution in [0.1, 0.15) is 201 Å². The Morgan fingerprint density at radius 2 is 0.611 bits per heavy atom. The molecule has 0 spiro atoms. The van der Waals surface area contributed by atoms with Gasteiger partial charge >= 0.3 is 11.9 Å². The van der Waals surface area contributed by atoms with Crippen LogP contribution in [-0.2, 0) is 23.8 Å². The van der Waals surface area contributed by atoms with Crippen molar-refractivity contribution in [1.29, 1.82) is 0 Å². The molecule has 1 atom stereocenters. The predicted molar refractivity (Wildman–Crippen MR) is 315 cm³/mol. The van der Waals surface area contributed by atoms with Gasteiger partial charge in [0.05, 0.1) is 6.61 Å². The van der Waals surface area contributed by atoms with Crippen LogP contribution in [0.2, 0.25) is 0 Å². The highest BCUT2D eigenvalue weighted by Gasteiger charge is 2.17. The molecule has 5 heteroatoms. The predicted octanol–water partition coefficient (Wildman–Crippen LogP) is 19.8. The number of esters is 2. The van der Waals surface area contributed by atoms with E-state index in [0.29, 0.717) is 19.4 Å². The van der Waals surface area contributed by atoms with Crippen molar-refractivity contribution < 1.29 is 23.8 Å². The fourth-order valence-corrected chi connectivity index (χ4v) is 6.85. The standard InChI is InChI=1S/C67H102O5/c1-4-7-10-13-16-19-22-25-28-31-34-36-39-42-45-48-51-54-57-60-66(68)71-64-65(63-70-62-59-56-53-50-47-44-41-38-33-30-27-24-21-18-15-12-9-6-3)72-67(69)61-58-55-52-49-46-43-40-37-35-32-29-26-23-20-17-14-11-8-5-2/h7-12,16-21,25-30,34-38,41-43,45-46,51,54,65H,4-6,13-15,22-24,31-33,39-40,44,47-50,52-53,55-64H2,1-3H3/b10-7-,11-8-,12-9-,19-16-,20-17-,21-18-,28-25-,29-26-,30-27-,36-34-,37-35-,41-38-,45-42-,46-43-,54-51-. The third kappa shape index (κ3) is 57.6. The minimum Gasteiger partial charge on any atom is -0.462 e.